The van der Waals surface area contributed by atoms with Gasteiger partial charge in [-0.25, -0.2) is 0 Å². The topological polar surface area (TPSA) is 76.5 Å². The Balaban J connectivity index is 1.49. The van der Waals surface area contributed by atoms with Crippen LogP contribution in [0, 0.1) is 0 Å². The molecule has 1 heterocycles. The summed E-state index contributed by atoms with van der Waals surface area (Å²) < 4.78 is 6.96. The standard InChI is InChI=1S/C25H28N4O3/c1-19(27-24(30)14-11-20-9-12-23(32-3)13-10-20)25(31)28(2)16-22-15-26-29(18-22)17-21-7-5-4-6-8-21/h4-15,18-19H,16-17H2,1-3H3,(H,27,30)/b14-11+. The molecule has 0 spiro atoms. The fourth-order valence-electron chi connectivity index (χ4n) is 3.24. The average molecular weight is 433 g/mol. The van der Waals surface area contributed by atoms with Crippen LogP contribution in [0.15, 0.2) is 73.1 Å². The Morgan fingerprint density at radius 1 is 1.12 bits per heavy atom. The predicted octanol–water partition coefficient (Wildman–Crippen LogP) is 3.12. The lowest BCUT2D eigenvalue weighted by Gasteiger charge is -2.21. The van der Waals surface area contributed by atoms with Gasteiger partial charge in [0.2, 0.25) is 11.8 Å². The van der Waals surface area contributed by atoms with Crippen molar-refractivity contribution in [1.29, 1.82) is 0 Å². The van der Waals surface area contributed by atoms with E-state index in [-0.39, 0.29) is 11.8 Å². The minimum absolute atomic E-state index is 0.174. The van der Waals surface area contributed by atoms with Gasteiger partial charge in [0.05, 0.1) is 19.9 Å². The van der Waals surface area contributed by atoms with E-state index in [4.69, 9.17) is 4.74 Å². The number of carbonyl (C=O) groups excluding carboxylic acids is 2. The van der Waals surface area contributed by atoms with Gasteiger partial charge in [-0.3, -0.25) is 14.3 Å². The minimum Gasteiger partial charge on any atom is -0.497 e. The molecule has 166 valence electrons. The number of ether oxygens (including phenoxy) is 1. The lowest BCUT2D eigenvalue weighted by molar-refractivity contribution is -0.134. The Labute approximate surface area is 188 Å². The van der Waals surface area contributed by atoms with E-state index in [1.165, 1.54) is 6.08 Å². The third-order valence-electron chi connectivity index (χ3n) is 4.94. The van der Waals surface area contributed by atoms with E-state index in [1.54, 1.807) is 38.3 Å². The van der Waals surface area contributed by atoms with Gasteiger partial charge in [-0.15, -0.1) is 0 Å². The number of aromatic nitrogens is 2. The van der Waals surface area contributed by atoms with Crippen LogP contribution in [0.25, 0.3) is 6.08 Å². The Bertz CT molecular complexity index is 1060. The van der Waals surface area contributed by atoms with E-state index in [1.807, 2.05) is 65.5 Å². The van der Waals surface area contributed by atoms with Crippen LogP contribution < -0.4 is 10.1 Å². The minimum atomic E-state index is -0.646. The molecule has 0 aliphatic rings. The number of amides is 2. The van der Waals surface area contributed by atoms with Crippen molar-refractivity contribution in [2.45, 2.75) is 26.1 Å². The molecule has 1 atom stereocenters. The molecular formula is C25H28N4O3. The molecule has 1 N–H and O–H groups in total. The molecule has 0 aliphatic heterocycles. The molecule has 2 amide bonds. The molecule has 0 radical (unpaired) electrons. The normalized spacial score (nSPS) is 11.8. The summed E-state index contributed by atoms with van der Waals surface area (Å²) in [6, 6.07) is 16.8. The first kappa shape index (κ1) is 22.8. The number of hydrogen-bond acceptors (Lipinski definition) is 4. The largest absolute Gasteiger partial charge is 0.497 e. The number of likely N-dealkylation sites (N-methyl/N-ethyl adjacent to an activating group) is 1. The summed E-state index contributed by atoms with van der Waals surface area (Å²) in [6.07, 6.45) is 6.79. The summed E-state index contributed by atoms with van der Waals surface area (Å²) in [6.45, 7) is 2.76. The van der Waals surface area contributed by atoms with Crippen LogP contribution in [0.2, 0.25) is 0 Å². The second-order valence-electron chi connectivity index (χ2n) is 7.56. The number of benzene rings is 2. The fourth-order valence-corrected chi connectivity index (χ4v) is 3.24. The average Bonchev–Trinajstić information content (AvgIpc) is 3.24. The summed E-state index contributed by atoms with van der Waals surface area (Å²) >= 11 is 0. The summed E-state index contributed by atoms with van der Waals surface area (Å²) in [5, 5.41) is 7.09. The van der Waals surface area contributed by atoms with Gasteiger partial charge in [0.1, 0.15) is 11.8 Å². The van der Waals surface area contributed by atoms with Crippen molar-refractivity contribution in [1.82, 2.24) is 20.0 Å². The smallest absolute Gasteiger partial charge is 0.244 e. The van der Waals surface area contributed by atoms with E-state index in [0.29, 0.717) is 13.1 Å². The van der Waals surface area contributed by atoms with Crippen LogP contribution >= 0.6 is 0 Å². The van der Waals surface area contributed by atoms with Gasteiger partial charge in [0, 0.05) is 31.4 Å². The zero-order valence-electron chi connectivity index (χ0n) is 18.6. The second kappa shape index (κ2) is 10.9. The first-order chi connectivity index (χ1) is 15.4. The van der Waals surface area contributed by atoms with Crippen LogP contribution in [0.3, 0.4) is 0 Å². The van der Waals surface area contributed by atoms with Crippen molar-refractivity contribution < 1.29 is 14.3 Å². The molecule has 0 bridgehead atoms. The van der Waals surface area contributed by atoms with Gasteiger partial charge < -0.3 is 15.0 Å². The molecule has 3 rings (SSSR count). The Kier molecular flexibility index (Phi) is 7.80. The summed E-state index contributed by atoms with van der Waals surface area (Å²) in [4.78, 5) is 26.5. The number of rotatable bonds is 9. The SMILES string of the molecule is COc1ccc(/C=C/C(=O)NC(C)C(=O)N(C)Cc2cnn(Cc3ccccc3)c2)cc1. The van der Waals surface area contributed by atoms with Crippen molar-refractivity contribution >= 4 is 17.9 Å². The van der Waals surface area contributed by atoms with E-state index < -0.39 is 6.04 Å². The highest BCUT2D eigenvalue weighted by Gasteiger charge is 2.19. The number of nitrogens with zero attached hydrogens (tertiary/aromatic N) is 3. The zero-order valence-corrected chi connectivity index (χ0v) is 18.6. The first-order valence-electron chi connectivity index (χ1n) is 10.4. The Morgan fingerprint density at radius 2 is 1.84 bits per heavy atom. The fraction of sp³-hybridized carbons (Fsp3) is 0.240. The predicted molar refractivity (Wildman–Crippen MR) is 124 cm³/mol. The van der Waals surface area contributed by atoms with Crippen LogP contribution in [0.4, 0.5) is 0 Å². The quantitative estimate of drug-likeness (QED) is 0.527. The molecule has 0 saturated carbocycles. The van der Waals surface area contributed by atoms with Crippen LogP contribution in [-0.2, 0) is 22.7 Å². The highest BCUT2D eigenvalue weighted by molar-refractivity contribution is 5.95. The highest BCUT2D eigenvalue weighted by atomic mass is 16.5. The molecule has 3 aromatic rings. The van der Waals surface area contributed by atoms with Crippen LogP contribution in [0.5, 0.6) is 5.75 Å². The van der Waals surface area contributed by atoms with E-state index in [0.717, 1.165) is 22.4 Å². The molecule has 1 unspecified atom stereocenters. The molecule has 2 aromatic carbocycles. The van der Waals surface area contributed by atoms with Gasteiger partial charge in [-0.2, -0.15) is 5.10 Å². The van der Waals surface area contributed by atoms with Gasteiger partial charge in [-0.05, 0) is 36.3 Å². The highest BCUT2D eigenvalue weighted by Crippen LogP contribution is 2.12. The van der Waals surface area contributed by atoms with Gasteiger partial charge in [0.15, 0.2) is 0 Å². The number of hydrogen-bond donors (Lipinski definition) is 1. The first-order valence-corrected chi connectivity index (χ1v) is 10.4. The monoisotopic (exact) mass is 432 g/mol. The van der Waals surface area contributed by atoms with E-state index >= 15 is 0 Å². The Morgan fingerprint density at radius 3 is 2.53 bits per heavy atom. The second-order valence-corrected chi connectivity index (χ2v) is 7.56. The van der Waals surface area contributed by atoms with Crippen molar-refractivity contribution in [3.05, 3.63) is 89.8 Å². The number of carbonyl (C=O) groups is 2. The van der Waals surface area contributed by atoms with Crippen LogP contribution in [0.1, 0.15) is 23.6 Å². The van der Waals surface area contributed by atoms with Gasteiger partial charge >= 0.3 is 0 Å². The molecule has 1 aromatic heterocycles. The third kappa shape index (κ3) is 6.57. The number of nitrogens with one attached hydrogen (secondary N) is 1. The molecule has 0 aliphatic carbocycles. The van der Waals surface area contributed by atoms with Crippen molar-refractivity contribution in [3.8, 4) is 5.75 Å². The van der Waals surface area contributed by atoms with Crippen molar-refractivity contribution in [3.63, 3.8) is 0 Å². The van der Waals surface area contributed by atoms with Gasteiger partial charge in [-0.1, -0.05) is 42.5 Å². The third-order valence-corrected chi connectivity index (χ3v) is 4.94. The zero-order chi connectivity index (χ0) is 22.9. The van der Waals surface area contributed by atoms with E-state index in [2.05, 4.69) is 10.4 Å². The van der Waals surface area contributed by atoms with Crippen molar-refractivity contribution in [2.75, 3.05) is 14.2 Å². The Hall–Kier alpha value is -3.87. The summed E-state index contributed by atoms with van der Waals surface area (Å²) in [5.74, 6) is 0.247. The summed E-state index contributed by atoms with van der Waals surface area (Å²) in [5.41, 5.74) is 2.95. The summed E-state index contributed by atoms with van der Waals surface area (Å²) in [7, 11) is 3.32. The molecular weight excluding hydrogens is 404 g/mol. The molecule has 0 fully saturated rings. The maximum absolute atomic E-state index is 12.7. The maximum Gasteiger partial charge on any atom is 0.244 e. The van der Waals surface area contributed by atoms with Crippen molar-refractivity contribution in [2.24, 2.45) is 0 Å². The molecule has 7 nitrogen and oxygen atoms in total. The molecule has 32 heavy (non-hydrogen) atoms. The molecule has 0 saturated heterocycles. The lowest BCUT2D eigenvalue weighted by Crippen LogP contribution is -2.44. The number of methoxy groups -OCH3 is 1. The van der Waals surface area contributed by atoms with E-state index in [9.17, 15) is 9.59 Å². The van der Waals surface area contributed by atoms with Crippen LogP contribution in [-0.4, -0.2) is 46.7 Å². The lowest BCUT2D eigenvalue weighted by atomic mass is 10.2. The maximum atomic E-state index is 12.7. The van der Waals surface area contributed by atoms with Gasteiger partial charge in [0.25, 0.3) is 0 Å². The molecule has 7 heteroatoms.